The van der Waals surface area contributed by atoms with Crippen molar-refractivity contribution < 1.29 is 4.74 Å². The number of nitrogens with two attached hydrogens (primary N) is 1. The van der Waals surface area contributed by atoms with E-state index in [0.29, 0.717) is 6.42 Å². The number of nitriles is 1. The van der Waals surface area contributed by atoms with Crippen LogP contribution < -0.4 is 10.5 Å². The van der Waals surface area contributed by atoms with Gasteiger partial charge in [0.25, 0.3) is 0 Å². The summed E-state index contributed by atoms with van der Waals surface area (Å²) in [7, 11) is 0. The van der Waals surface area contributed by atoms with Crippen molar-refractivity contribution in [3.05, 3.63) is 29.3 Å². The maximum atomic E-state index is 8.96. The number of ether oxygens (including phenoxy) is 1. The molecule has 98 valence electrons. The van der Waals surface area contributed by atoms with Gasteiger partial charge in [-0.05, 0) is 37.8 Å². The molecule has 0 aliphatic carbocycles. The largest absolute Gasteiger partial charge is 0.475 e. The van der Waals surface area contributed by atoms with Gasteiger partial charge in [0.15, 0.2) is 6.10 Å². The topological polar surface area (TPSA) is 59.0 Å². The Bertz CT molecular complexity index is 423. The van der Waals surface area contributed by atoms with Crippen LogP contribution in [0.25, 0.3) is 0 Å². The fraction of sp³-hybridized carbons (Fsp3) is 0.533. The standard InChI is InChI=1S/C15H22N2O/c1-4-13(17)9-12-8-11(3)6-7-15(12)18-14(5-2)10-16/h6-8,13-14H,4-5,9,17H2,1-3H3. The molecule has 2 atom stereocenters. The van der Waals surface area contributed by atoms with Crippen LogP contribution in [0.5, 0.6) is 5.75 Å². The fourth-order valence-corrected chi connectivity index (χ4v) is 1.76. The van der Waals surface area contributed by atoms with Crippen LogP contribution in [-0.4, -0.2) is 12.1 Å². The number of aryl methyl sites for hydroxylation is 1. The Morgan fingerprint density at radius 1 is 1.33 bits per heavy atom. The first-order valence-corrected chi connectivity index (χ1v) is 6.52. The van der Waals surface area contributed by atoms with E-state index < -0.39 is 0 Å². The van der Waals surface area contributed by atoms with E-state index in [9.17, 15) is 0 Å². The minimum Gasteiger partial charge on any atom is -0.475 e. The monoisotopic (exact) mass is 246 g/mol. The number of rotatable bonds is 6. The van der Waals surface area contributed by atoms with Crippen LogP contribution in [0.1, 0.15) is 37.8 Å². The van der Waals surface area contributed by atoms with Gasteiger partial charge in [-0.3, -0.25) is 0 Å². The van der Waals surface area contributed by atoms with Gasteiger partial charge in [-0.15, -0.1) is 0 Å². The first-order valence-electron chi connectivity index (χ1n) is 6.52. The molecule has 0 saturated carbocycles. The minimum atomic E-state index is -0.385. The summed E-state index contributed by atoms with van der Waals surface area (Å²) in [5.74, 6) is 0.790. The minimum absolute atomic E-state index is 0.135. The average molecular weight is 246 g/mol. The van der Waals surface area contributed by atoms with Crippen LogP contribution in [0.15, 0.2) is 18.2 Å². The Labute approximate surface area is 110 Å². The molecule has 0 radical (unpaired) electrons. The highest BCUT2D eigenvalue weighted by atomic mass is 16.5. The van der Waals surface area contributed by atoms with E-state index in [4.69, 9.17) is 15.7 Å². The third kappa shape index (κ3) is 4.05. The number of benzene rings is 1. The summed E-state index contributed by atoms with van der Waals surface area (Å²) in [5.41, 5.74) is 8.28. The lowest BCUT2D eigenvalue weighted by Gasteiger charge is -2.17. The van der Waals surface area contributed by atoms with Crippen molar-refractivity contribution in [1.82, 2.24) is 0 Å². The second kappa shape index (κ2) is 7.03. The van der Waals surface area contributed by atoms with Crippen LogP contribution in [0.3, 0.4) is 0 Å². The summed E-state index contributed by atoms with van der Waals surface area (Å²) in [6.45, 7) is 6.07. The maximum Gasteiger partial charge on any atom is 0.184 e. The molecule has 1 aromatic carbocycles. The Balaban J connectivity index is 2.92. The van der Waals surface area contributed by atoms with Gasteiger partial charge in [-0.2, -0.15) is 5.26 Å². The summed E-state index contributed by atoms with van der Waals surface area (Å²) in [6.07, 6.45) is 2.02. The molecule has 0 aromatic heterocycles. The molecule has 0 spiro atoms. The van der Waals surface area contributed by atoms with E-state index in [1.807, 2.05) is 26.0 Å². The van der Waals surface area contributed by atoms with Gasteiger partial charge in [-0.25, -0.2) is 0 Å². The van der Waals surface area contributed by atoms with Crippen molar-refractivity contribution in [3.63, 3.8) is 0 Å². The molecule has 3 nitrogen and oxygen atoms in total. The van der Waals surface area contributed by atoms with E-state index in [0.717, 1.165) is 24.2 Å². The van der Waals surface area contributed by atoms with Crippen molar-refractivity contribution in [3.8, 4) is 11.8 Å². The third-order valence-corrected chi connectivity index (χ3v) is 3.01. The molecule has 18 heavy (non-hydrogen) atoms. The summed E-state index contributed by atoms with van der Waals surface area (Å²) in [6, 6.07) is 8.32. The number of hydrogen-bond donors (Lipinski definition) is 1. The molecule has 0 saturated heterocycles. The van der Waals surface area contributed by atoms with E-state index in [1.54, 1.807) is 0 Å². The first-order chi connectivity index (χ1) is 8.60. The number of hydrogen-bond acceptors (Lipinski definition) is 3. The van der Waals surface area contributed by atoms with E-state index in [2.05, 4.69) is 19.1 Å². The Hall–Kier alpha value is -1.53. The van der Waals surface area contributed by atoms with Gasteiger partial charge < -0.3 is 10.5 Å². The van der Waals surface area contributed by atoms with Crippen molar-refractivity contribution in [2.24, 2.45) is 5.73 Å². The second-order valence-electron chi connectivity index (χ2n) is 4.63. The molecule has 3 heteroatoms. The van der Waals surface area contributed by atoms with Gasteiger partial charge in [0, 0.05) is 6.04 Å². The molecule has 0 aliphatic rings. The zero-order chi connectivity index (χ0) is 13.5. The van der Waals surface area contributed by atoms with Crippen molar-refractivity contribution in [2.45, 2.75) is 52.2 Å². The zero-order valence-corrected chi connectivity index (χ0v) is 11.4. The molecular formula is C15H22N2O. The van der Waals surface area contributed by atoms with Gasteiger partial charge in [-0.1, -0.05) is 31.5 Å². The summed E-state index contributed by atoms with van der Waals surface area (Å²) in [4.78, 5) is 0. The molecule has 0 fully saturated rings. The highest BCUT2D eigenvalue weighted by Gasteiger charge is 2.12. The molecule has 0 amide bonds. The van der Waals surface area contributed by atoms with Gasteiger partial charge >= 0.3 is 0 Å². The molecule has 0 heterocycles. The summed E-state index contributed by atoms with van der Waals surface area (Å²) >= 11 is 0. The van der Waals surface area contributed by atoms with Gasteiger partial charge in [0.2, 0.25) is 0 Å². The van der Waals surface area contributed by atoms with Crippen LogP contribution in [0.4, 0.5) is 0 Å². The van der Waals surface area contributed by atoms with E-state index in [-0.39, 0.29) is 12.1 Å². The highest BCUT2D eigenvalue weighted by Crippen LogP contribution is 2.23. The first kappa shape index (κ1) is 14.5. The van der Waals surface area contributed by atoms with Crippen LogP contribution in [-0.2, 0) is 6.42 Å². The molecule has 2 unspecified atom stereocenters. The van der Waals surface area contributed by atoms with Crippen molar-refractivity contribution in [2.75, 3.05) is 0 Å². The van der Waals surface area contributed by atoms with Crippen LogP contribution in [0.2, 0.25) is 0 Å². The Morgan fingerprint density at radius 3 is 2.61 bits per heavy atom. The van der Waals surface area contributed by atoms with Gasteiger partial charge in [0.05, 0.1) is 0 Å². The van der Waals surface area contributed by atoms with Crippen LogP contribution >= 0.6 is 0 Å². The normalized spacial score (nSPS) is 13.7. The quantitative estimate of drug-likeness (QED) is 0.839. The number of nitrogens with zero attached hydrogens (tertiary/aromatic N) is 1. The van der Waals surface area contributed by atoms with Crippen molar-refractivity contribution >= 4 is 0 Å². The lowest BCUT2D eigenvalue weighted by molar-refractivity contribution is 0.249. The lowest BCUT2D eigenvalue weighted by atomic mass is 10.0. The predicted molar refractivity (Wildman–Crippen MR) is 73.5 cm³/mol. The Kier molecular flexibility index (Phi) is 5.67. The molecule has 0 aliphatic heterocycles. The molecule has 1 rings (SSSR count). The SMILES string of the molecule is CCC(N)Cc1cc(C)ccc1OC(C#N)CC. The zero-order valence-electron chi connectivity index (χ0n) is 11.4. The molecular weight excluding hydrogens is 224 g/mol. The second-order valence-corrected chi connectivity index (χ2v) is 4.63. The lowest BCUT2D eigenvalue weighted by Crippen LogP contribution is -2.22. The van der Waals surface area contributed by atoms with E-state index in [1.165, 1.54) is 5.56 Å². The summed E-state index contributed by atoms with van der Waals surface area (Å²) < 4.78 is 5.73. The maximum absolute atomic E-state index is 8.96. The van der Waals surface area contributed by atoms with Crippen LogP contribution in [0, 0.1) is 18.3 Å². The predicted octanol–water partition coefficient (Wildman–Crippen LogP) is 2.96. The molecule has 0 bridgehead atoms. The molecule has 1 aromatic rings. The fourth-order valence-electron chi connectivity index (χ4n) is 1.76. The highest BCUT2D eigenvalue weighted by molar-refractivity contribution is 5.38. The van der Waals surface area contributed by atoms with Gasteiger partial charge in [0.1, 0.15) is 11.8 Å². The summed E-state index contributed by atoms with van der Waals surface area (Å²) in [5, 5.41) is 8.96. The van der Waals surface area contributed by atoms with Crippen molar-refractivity contribution in [1.29, 1.82) is 5.26 Å². The smallest absolute Gasteiger partial charge is 0.184 e. The average Bonchev–Trinajstić information content (AvgIpc) is 2.38. The third-order valence-electron chi connectivity index (χ3n) is 3.01. The Morgan fingerprint density at radius 2 is 2.06 bits per heavy atom. The van der Waals surface area contributed by atoms with E-state index >= 15 is 0 Å². The molecule has 2 N–H and O–H groups in total.